The van der Waals surface area contributed by atoms with Crippen LogP contribution in [0.4, 0.5) is 0 Å². The van der Waals surface area contributed by atoms with Crippen molar-refractivity contribution in [2.45, 2.75) is 39.3 Å². The summed E-state index contributed by atoms with van der Waals surface area (Å²) in [6.07, 6.45) is 8.51. The second kappa shape index (κ2) is 9.64. The van der Waals surface area contributed by atoms with Gasteiger partial charge >= 0.3 is 0 Å². The first-order valence-electron chi connectivity index (χ1n) is 10.9. The predicted molar refractivity (Wildman–Crippen MR) is 132 cm³/mol. The lowest BCUT2D eigenvalue weighted by Crippen LogP contribution is -2.24. The first kappa shape index (κ1) is 21.6. The summed E-state index contributed by atoms with van der Waals surface area (Å²) < 4.78 is 5.23. The van der Waals surface area contributed by atoms with Gasteiger partial charge in [-0.3, -0.25) is 10.1 Å². The summed E-state index contributed by atoms with van der Waals surface area (Å²) in [7, 11) is 1.67. The van der Waals surface area contributed by atoms with E-state index in [1.54, 1.807) is 7.11 Å². The van der Waals surface area contributed by atoms with E-state index in [1.165, 1.54) is 22.1 Å². The lowest BCUT2D eigenvalue weighted by Gasteiger charge is -2.15. The molecule has 1 unspecified atom stereocenters. The van der Waals surface area contributed by atoms with Crippen molar-refractivity contribution in [3.8, 4) is 5.75 Å². The number of nitrogens with one attached hydrogen (secondary N) is 2. The number of nitrogens with zero attached hydrogens (tertiary/aromatic N) is 3. The number of rotatable bonds is 9. The molecule has 164 valence electrons. The van der Waals surface area contributed by atoms with Crippen LogP contribution < -0.4 is 10.1 Å². The summed E-state index contributed by atoms with van der Waals surface area (Å²) >= 11 is 0. The molecule has 2 aromatic carbocycles. The minimum absolute atomic E-state index is 0.124. The second-order valence-corrected chi connectivity index (χ2v) is 7.89. The maximum Gasteiger partial charge on any atom is 0.121 e. The third-order valence-corrected chi connectivity index (χ3v) is 5.82. The molecule has 4 aromatic rings. The topological polar surface area (TPSA) is 75.2 Å². The molecule has 6 nitrogen and oxygen atoms in total. The Kier molecular flexibility index (Phi) is 6.50. The number of aromatic amines is 1. The van der Waals surface area contributed by atoms with E-state index in [0.717, 1.165) is 47.1 Å². The Labute approximate surface area is 188 Å². The van der Waals surface area contributed by atoms with Crippen LogP contribution in [0.25, 0.3) is 27.9 Å². The molecular weight excluding hydrogens is 398 g/mol. The van der Waals surface area contributed by atoms with Gasteiger partial charge in [-0.2, -0.15) is 5.10 Å². The summed E-state index contributed by atoms with van der Waals surface area (Å²) in [6.45, 7) is 8.13. The van der Waals surface area contributed by atoms with Crippen molar-refractivity contribution in [1.29, 1.82) is 0 Å². The highest BCUT2D eigenvalue weighted by Crippen LogP contribution is 2.30. The van der Waals surface area contributed by atoms with Crippen LogP contribution in [-0.2, 0) is 12.8 Å². The number of aromatic nitrogens is 3. The maximum atomic E-state index is 5.23. The number of benzene rings is 2. The molecule has 2 aromatic heterocycles. The fourth-order valence-corrected chi connectivity index (χ4v) is 4.14. The number of aliphatic imine (C=N–C) groups is 1. The first-order chi connectivity index (χ1) is 15.6. The number of pyridine rings is 1. The van der Waals surface area contributed by atoms with Crippen molar-refractivity contribution >= 4 is 34.6 Å². The molecule has 0 amide bonds. The van der Waals surface area contributed by atoms with Gasteiger partial charge in [0.2, 0.25) is 0 Å². The highest BCUT2D eigenvalue weighted by atomic mass is 16.5. The average Bonchev–Trinajstić information content (AvgIpc) is 3.30. The van der Waals surface area contributed by atoms with E-state index >= 15 is 0 Å². The van der Waals surface area contributed by atoms with Crippen molar-refractivity contribution in [3.63, 3.8) is 0 Å². The molecular formula is C26H29N5O. The van der Waals surface area contributed by atoms with Crippen LogP contribution in [0.3, 0.4) is 0 Å². The number of methoxy groups -OCH3 is 1. The van der Waals surface area contributed by atoms with Gasteiger partial charge in [-0.15, -0.1) is 0 Å². The van der Waals surface area contributed by atoms with Gasteiger partial charge in [0.25, 0.3) is 0 Å². The molecule has 4 rings (SSSR count). The van der Waals surface area contributed by atoms with E-state index in [0.29, 0.717) is 0 Å². The summed E-state index contributed by atoms with van der Waals surface area (Å²) in [4.78, 5) is 9.22. The summed E-state index contributed by atoms with van der Waals surface area (Å²) in [5.74, 6) is 0.846. The lowest BCUT2D eigenvalue weighted by molar-refractivity contribution is 0.414. The molecule has 0 aliphatic carbocycles. The Balaban J connectivity index is 1.59. The number of ether oxygens (including phenoxy) is 1. The van der Waals surface area contributed by atoms with Crippen molar-refractivity contribution < 1.29 is 4.74 Å². The van der Waals surface area contributed by atoms with Crippen molar-refractivity contribution in [2.75, 3.05) is 7.11 Å². The van der Waals surface area contributed by atoms with Gasteiger partial charge in [-0.05, 0) is 67.1 Å². The van der Waals surface area contributed by atoms with E-state index < -0.39 is 0 Å². The minimum Gasteiger partial charge on any atom is -0.497 e. The lowest BCUT2D eigenvalue weighted by atomic mass is 9.96. The molecule has 0 aliphatic rings. The monoisotopic (exact) mass is 427 g/mol. The van der Waals surface area contributed by atoms with E-state index in [9.17, 15) is 0 Å². The molecule has 1 atom stereocenters. The summed E-state index contributed by atoms with van der Waals surface area (Å²) in [5, 5.41) is 12.9. The first-order valence-corrected chi connectivity index (χ1v) is 10.9. The molecule has 0 saturated carbocycles. The molecule has 2 heterocycles. The van der Waals surface area contributed by atoms with Gasteiger partial charge in [0.1, 0.15) is 11.9 Å². The molecule has 0 spiro atoms. The zero-order valence-corrected chi connectivity index (χ0v) is 18.9. The highest BCUT2D eigenvalue weighted by Gasteiger charge is 2.13. The Morgan fingerprint density at radius 2 is 2.03 bits per heavy atom. The van der Waals surface area contributed by atoms with E-state index in [-0.39, 0.29) is 6.17 Å². The number of aryl methyl sites for hydroxylation is 1. The summed E-state index contributed by atoms with van der Waals surface area (Å²) in [5.41, 5.74) is 6.70. The largest absolute Gasteiger partial charge is 0.497 e. The van der Waals surface area contributed by atoms with Crippen LogP contribution in [0.5, 0.6) is 5.75 Å². The standard InChI is InChI=1S/C26H29N5O/c1-5-6-20-17(2)26-21-16-29-31-23(21)11-12-24(26)30-22(20)13-14-28-25(27-3)15-18-7-9-19(32-4)10-8-18/h7-14,16,25,28H,3,5-6,15H2,1-2,4H3,(H,29,31)/b14-13+. The second-order valence-electron chi connectivity index (χ2n) is 7.89. The number of hydrogen-bond donors (Lipinski definition) is 2. The molecule has 0 fully saturated rings. The molecule has 0 bridgehead atoms. The molecule has 6 heteroatoms. The van der Waals surface area contributed by atoms with Crippen molar-refractivity contribution in [3.05, 3.63) is 71.2 Å². The van der Waals surface area contributed by atoms with Gasteiger partial charge in [-0.25, -0.2) is 4.98 Å². The zero-order valence-electron chi connectivity index (χ0n) is 18.9. The van der Waals surface area contributed by atoms with Crippen LogP contribution in [-0.4, -0.2) is 35.2 Å². The molecule has 0 saturated heterocycles. The smallest absolute Gasteiger partial charge is 0.121 e. The fourth-order valence-electron chi connectivity index (χ4n) is 4.14. The number of fused-ring (bicyclic) bond motifs is 3. The van der Waals surface area contributed by atoms with Crippen LogP contribution >= 0.6 is 0 Å². The molecule has 0 radical (unpaired) electrons. The van der Waals surface area contributed by atoms with Gasteiger partial charge in [0.05, 0.1) is 30.0 Å². The zero-order chi connectivity index (χ0) is 22.5. The van der Waals surface area contributed by atoms with E-state index in [1.807, 2.05) is 48.8 Å². The van der Waals surface area contributed by atoms with Crippen LogP contribution in [0.1, 0.15) is 35.7 Å². The van der Waals surface area contributed by atoms with Crippen LogP contribution in [0.15, 0.2) is 53.8 Å². The van der Waals surface area contributed by atoms with E-state index in [2.05, 4.69) is 47.1 Å². The van der Waals surface area contributed by atoms with Gasteiger partial charge in [0, 0.05) is 23.4 Å². The fraction of sp³-hybridized carbons (Fsp3) is 0.269. The predicted octanol–water partition coefficient (Wildman–Crippen LogP) is 5.21. The SMILES string of the molecule is C=NC(Cc1ccc(OC)cc1)N/C=C/c1nc2ccc3[nH]ncc3c2c(C)c1CCC. The Hall–Kier alpha value is -3.67. The van der Waals surface area contributed by atoms with Crippen LogP contribution in [0.2, 0.25) is 0 Å². The molecule has 32 heavy (non-hydrogen) atoms. The number of hydrogen-bond acceptors (Lipinski definition) is 5. The van der Waals surface area contributed by atoms with E-state index in [4.69, 9.17) is 9.72 Å². The third kappa shape index (κ3) is 4.35. The normalized spacial score (nSPS) is 12.5. The average molecular weight is 428 g/mol. The molecule has 2 N–H and O–H groups in total. The quantitative estimate of drug-likeness (QED) is 0.360. The Bertz CT molecular complexity index is 1260. The van der Waals surface area contributed by atoms with Crippen molar-refractivity contribution in [2.24, 2.45) is 4.99 Å². The Morgan fingerprint density at radius 3 is 2.75 bits per heavy atom. The van der Waals surface area contributed by atoms with Crippen molar-refractivity contribution in [1.82, 2.24) is 20.5 Å². The molecule has 0 aliphatic heterocycles. The highest BCUT2D eigenvalue weighted by molar-refractivity contribution is 6.07. The Morgan fingerprint density at radius 1 is 1.22 bits per heavy atom. The van der Waals surface area contributed by atoms with Gasteiger partial charge in [-0.1, -0.05) is 25.5 Å². The summed E-state index contributed by atoms with van der Waals surface area (Å²) in [6, 6.07) is 12.1. The van der Waals surface area contributed by atoms with Crippen LogP contribution in [0, 0.1) is 6.92 Å². The maximum absolute atomic E-state index is 5.23. The third-order valence-electron chi connectivity index (χ3n) is 5.82. The minimum atomic E-state index is -0.124. The number of H-pyrrole nitrogens is 1. The van der Waals surface area contributed by atoms with Gasteiger partial charge < -0.3 is 10.1 Å². The van der Waals surface area contributed by atoms with Gasteiger partial charge in [0.15, 0.2) is 0 Å².